The van der Waals surface area contributed by atoms with Crippen molar-refractivity contribution in [3.05, 3.63) is 34.1 Å². The van der Waals surface area contributed by atoms with Gasteiger partial charge in [-0.25, -0.2) is 4.39 Å². The molecule has 1 aliphatic rings. The van der Waals surface area contributed by atoms with Crippen LogP contribution in [0.15, 0.2) is 22.7 Å². The van der Waals surface area contributed by atoms with Crippen LogP contribution in [0, 0.1) is 11.7 Å². The van der Waals surface area contributed by atoms with Crippen molar-refractivity contribution in [1.29, 1.82) is 0 Å². The first-order valence-corrected chi connectivity index (χ1v) is 6.66. The van der Waals surface area contributed by atoms with E-state index in [-0.39, 0.29) is 11.9 Å². The molecule has 0 heterocycles. The molecule has 1 aromatic carbocycles. The smallest absolute Gasteiger partial charge is 0.123 e. The molecule has 2 rings (SSSR count). The number of nitrogens with zero attached hydrogens (tertiary/aromatic N) is 1. The van der Waals surface area contributed by atoms with E-state index in [0.29, 0.717) is 19.0 Å². The second kappa shape index (κ2) is 5.46. The highest BCUT2D eigenvalue weighted by atomic mass is 79.9. The molecule has 0 aliphatic heterocycles. The van der Waals surface area contributed by atoms with Crippen molar-refractivity contribution in [2.45, 2.75) is 25.5 Å². The number of hydrogen-bond donors (Lipinski definition) is 1. The lowest BCUT2D eigenvalue weighted by atomic mass is 10.2. The second-order valence-corrected chi connectivity index (χ2v) is 5.69. The van der Waals surface area contributed by atoms with Crippen molar-refractivity contribution in [1.82, 2.24) is 4.90 Å². The molecule has 0 spiro atoms. The van der Waals surface area contributed by atoms with Gasteiger partial charge in [-0.05, 0) is 49.6 Å². The first-order valence-electron chi connectivity index (χ1n) is 5.87. The van der Waals surface area contributed by atoms with E-state index >= 15 is 0 Å². The van der Waals surface area contributed by atoms with E-state index < -0.39 is 0 Å². The van der Waals surface area contributed by atoms with Crippen molar-refractivity contribution in [2.24, 2.45) is 5.92 Å². The predicted octanol–water partition coefficient (Wildman–Crippen LogP) is 2.79. The number of hydrogen-bond acceptors (Lipinski definition) is 2. The molecule has 17 heavy (non-hydrogen) atoms. The highest BCUT2D eigenvalue weighted by molar-refractivity contribution is 9.10. The summed E-state index contributed by atoms with van der Waals surface area (Å²) in [4.78, 5) is 2.03. The molecule has 1 N–H and O–H groups in total. The van der Waals surface area contributed by atoms with Crippen LogP contribution in [0.3, 0.4) is 0 Å². The highest BCUT2D eigenvalue weighted by Crippen LogP contribution is 2.33. The molecule has 0 saturated heterocycles. The SMILES string of the molecule is CN(Cc1cc(F)ccc1Br)CC(O)C1CC1. The van der Waals surface area contributed by atoms with Gasteiger partial charge in [0.1, 0.15) is 5.82 Å². The summed E-state index contributed by atoms with van der Waals surface area (Å²) in [5, 5.41) is 9.83. The van der Waals surface area contributed by atoms with Crippen molar-refractivity contribution in [3.63, 3.8) is 0 Å². The fourth-order valence-corrected chi connectivity index (χ4v) is 2.34. The third-order valence-corrected chi connectivity index (χ3v) is 3.89. The summed E-state index contributed by atoms with van der Waals surface area (Å²) >= 11 is 3.41. The van der Waals surface area contributed by atoms with Crippen LogP contribution >= 0.6 is 15.9 Å². The molecule has 0 aromatic heterocycles. The molecule has 1 atom stereocenters. The van der Waals surface area contributed by atoms with Gasteiger partial charge >= 0.3 is 0 Å². The van der Waals surface area contributed by atoms with E-state index in [9.17, 15) is 9.50 Å². The van der Waals surface area contributed by atoms with Crippen LogP contribution in [0.2, 0.25) is 0 Å². The number of aliphatic hydroxyl groups excluding tert-OH is 1. The van der Waals surface area contributed by atoms with Gasteiger partial charge in [0.15, 0.2) is 0 Å². The van der Waals surface area contributed by atoms with Crippen LogP contribution < -0.4 is 0 Å². The van der Waals surface area contributed by atoms with E-state index in [0.717, 1.165) is 22.9 Å². The third-order valence-electron chi connectivity index (χ3n) is 3.11. The predicted molar refractivity (Wildman–Crippen MR) is 69.2 cm³/mol. The largest absolute Gasteiger partial charge is 0.392 e. The highest BCUT2D eigenvalue weighted by Gasteiger charge is 2.30. The minimum Gasteiger partial charge on any atom is -0.392 e. The van der Waals surface area contributed by atoms with Crippen LogP contribution in [0.25, 0.3) is 0 Å². The Morgan fingerprint density at radius 1 is 1.53 bits per heavy atom. The Labute approximate surface area is 110 Å². The lowest BCUT2D eigenvalue weighted by molar-refractivity contribution is 0.104. The third kappa shape index (κ3) is 3.76. The Hall–Kier alpha value is -0.450. The van der Waals surface area contributed by atoms with Crippen molar-refractivity contribution < 1.29 is 9.50 Å². The Morgan fingerprint density at radius 3 is 2.88 bits per heavy atom. The monoisotopic (exact) mass is 301 g/mol. The van der Waals surface area contributed by atoms with Gasteiger partial charge in [-0.15, -0.1) is 0 Å². The minimum absolute atomic E-state index is 0.223. The van der Waals surface area contributed by atoms with Gasteiger partial charge in [-0.2, -0.15) is 0 Å². The molecule has 94 valence electrons. The summed E-state index contributed by atoms with van der Waals surface area (Å²) in [5.41, 5.74) is 0.912. The van der Waals surface area contributed by atoms with Gasteiger partial charge in [0.2, 0.25) is 0 Å². The number of rotatable bonds is 5. The van der Waals surface area contributed by atoms with Crippen molar-refractivity contribution in [3.8, 4) is 0 Å². The maximum Gasteiger partial charge on any atom is 0.123 e. The van der Waals surface area contributed by atoms with E-state index in [1.165, 1.54) is 12.1 Å². The Bertz CT molecular complexity index is 395. The van der Waals surface area contributed by atoms with Gasteiger partial charge in [-0.3, -0.25) is 4.90 Å². The Balaban J connectivity index is 1.92. The molecule has 2 nitrogen and oxygen atoms in total. The summed E-state index contributed by atoms with van der Waals surface area (Å²) in [6, 6.07) is 4.69. The van der Waals surface area contributed by atoms with Gasteiger partial charge < -0.3 is 5.11 Å². The molecule has 1 fully saturated rings. The van der Waals surface area contributed by atoms with Gasteiger partial charge in [0.05, 0.1) is 6.10 Å². The average Bonchev–Trinajstić information content (AvgIpc) is 3.06. The quantitative estimate of drug-likeness (QED) is 0.904. The van der Waals surface area contributed by atoms with Gasteiger partial charge in [0, 0.05) is 17.6 Å². The summed E-state index contributed by atoms with van der Waals surface area (Å²) < 4.78 is 14.0. The molecular weight excluding hydrogens is 285 g/mol. The molecule has 4 heteroatoms. The van der Waals surface area contributed by atoms with Gasteiger partial charge in [-0.1, -0.05) is 15.9 Å². The van der Waals surface area contributed by atoms with E-state index in [4.69, 9.17) is 0 Å². The number of halogens is 2. The molecular formula is C13H17BrFNO. The number of aliphatic hydroxyl groups is 1. The molecule has 1 saturated carbocycles. The Morgan fingerprint density at radius 2 is 2.24 bits per heavy atom. The second-order valence-electron chi connectivity index (χ2n) is 4.84. The zero-order valence-electron chi connectivity index (χ0n) is 9.87. The number of benzene rings is 1. The van der Waals surface area contributed by atoms with Crippen LogP contribution in [0.1, 0.15) is 18.4 Å². The Kier molecular flexibility index (Phi) is 4.17. The first kappa shape index (κ1) is 13.0. The minimum atomic E-state index is -0.243. The summed E-state index contributed by atoms with van der Waals surface area (Å²) in [6.07, 6.45) is 2.03. The first-order chi connectivity index (χ1) is 8.06. The maximum absolute atomic E-state index is 13.1. The topological polar surface area (TPSA) is 23.5 Å². The molecule has 0 amide bonds. The van der Waals surface area contributed by atoms with E-state index in [2.05, 4.69) is 15.9 Å². The summed E-state index contributed by atoms with van der Waals surface area (Å²) in [6.45, 7) is 1.29. The van der Waals surface area contributed by atoms with Crippen LogP contribution in [-0.4, -0.2) is 29.7 Å². The number of likely N-dealkylation sites (N-methyl/N-ethyl adjacent to an activating group) is 1. The van der Waals surface area contributed by atoms with E-state index in [1.807, 2.05) is 11.9 Å². The summed E-state index contributed by atoms with van der Waals surface area (Å²) in [7, 11) is 1.95. The zero-order valence-corrected chi connectivity index (χ0v) is 11.5. The lowest BCUT2D eigenvalue weighted by Gasteiger charge is -2.21. The van der Waals surface area contributed by atoms with Crippen molar-refractivity contribution in [2.75, 3.05) is 13.6 Å². The average molecular weight is 302 g/mol. The van der Waals surface area contributed by atoms with E-state index in [1.54, 1.807) is 6.07 Å². The lowest BCUT2D eigenvalue weighted by Crippen LogP contribution is -2.30. The molecule has 1 aliphatic carbocycles. The normalized spacial score (nSPS) is 17.5. The molecule has 1 aromatic rings. The fraction of sp³-hybridized carbons (Fsp3) is 0.538. The molecule has 0 radical (unpaired) electrons. The van der Waals surface area contributed by atoms with Gasteiger partial charge in [0.25, 0.3) is 0 Å². The van der Waals surface area contributed by atoms with Crippen LogP contribution in [0.5, 0.6) is 0 Å². The molecule has 0 bridgehead atoms. The molecule has 1 unspecified atom stereocenters. The van der Waals surface area contributed by atoms with Crippen LogP contribution in [0.4, 0.5) is 4.39 Å². The van der Waals surface area contributed by atoms with Crippen LogP contribution in [-0.2, 0) is 6.54 Å². The standard InChI is InChI=1S/C13H17BrFNO/c1-16(8-13(17)9-2-3-9)7-10-6-11(15)4-5-12(10)14/h4-6,9,13,17H,2-3,7-8H2,1H3. The summed E-state index contributed by atoms with van der Waals surface area (Å²) in [5.74, 6) is 0.257. The fourth-order valence-electron chi connectivity index (χ4n) is 1.97. The zero-order chi connectivity index (χ0) is 12.4. The van der Waals surface area contributed by atoms with Crippen molar-refractivity contribution >= 4 is 15.9 Å². The maximum atomic E-state index is 13.1.